The Bertz CT molecular complexity index is 814. The van der Waals surface area contributed by atoms with Crippen molar-refractivity contribution in [2.45, 2.75) is 32.2 Å². The topological polar surface area (TPSA) is 82.7 Å². The molecule has 5 heteroatoms. The molecule has 108 valence electrons. The molecule has 1 aliphatic carbocycles. The largest absolute Gasteiger partial charge is 0.383 e. The summed E-state index contributed by atoms with van der Waals surface area (Å²) in [5.41, 5.74) is 13.7. The molecular formula is C16H19N5. The zero-order valence-electron chi connectivity index (χ0n) is 11.9. The minimum absolute atomic E-state index is 0.227. The third-order valence-corrected chi connectivity index (χ3v) is 4.59. The molecule has 21 heavy (non-hydrogen) atoms. The van der Waals surface area contributed by atoms with Gasteiger partial charge in [-0.15, -0.1) is 0 Å². The Morgan fingerprint density at radius 1 is 1.10 bits per heavy atom. The molecule has 1 aliphatic rings. The summed E-state index contributed by atoms with van der Waals surface area (Å²) in [6.45, 7) is 1.09. The predicted molar refractivity (Wildman–Crippen MR) is 85.8 cm³/mol. The van der Waals surface area contributed by atoms with E-state index in [0.717, 1.165) is 28.8 Å². The Hall–Kier alpha value is -2.30. The van der Waals surface area contributed by atoms with Crippen LogP contribution < -0.4 is 11.5 Å². The number of hydrogen-bond donors (Lipinski definition) is 2. The normalized spacial score (nSPS) is 16.2. The summed E-state index contributed by atoms with van der Waals surface area (Å²) in [7, 11) is 0. The SMILES string of the molecule is Nc1nc(N)c2c(ccc3c2ccn3CC2CCCC2)n1. The van der Waals surface area contributed by atoms with Gasteiger partial charge in [0.05, 0.1) is 10.9 Å². The lowest BCUT2D eigenvalue weighted by Crippen LogP contribution is -2.06. The van der Waals surface area contributed by atoms with Crippen LogP contribution in [-0.2, 0) is 6.54 Å². The number of benzene rings is 1. The van der Waals surface area contributed by atoms with Gasteiger partial charge in [0, 0.05) is 23.6 Å². The number of anilines is 2. The molecule has 0 saturated heterocycles. The predicted octanol–water partition coefficient (Wildman–Crippen LogP) is 2.94. The number of nitrogen functional groups attached to an aromatic ring is 2. The van der Waals surface area contributed by atoms with Gasteiger partial charge in [-0.3, -0.25) is 0 Å². The Kier molecular flexibility index (Phi) is 2.74. The number of nitrogens with two attached hydrogens (primary N) is 2. The van der Waals surface area contributed by atoms with Crippen molar-refractivity contribution in [3.63, 3.8) is 0 Å². The molecule has 0 atom stereocenters. The second kappa shape index (κ2) is 4.62. The van der Waals surface area contributed by atoms with Gasteiger partial charge in [-0.25, -0.2) is 4.98 Å². The van der Waals surface area contributed by atoms with Gasteiger partial charge >= 0.3 is 0 Å². The van der Waals surface area contributed by atoms with E-state index in [1.165, 1.54) is 31.2 Å². The molecule has 0 spiro atoms. The summed E-state index contributed by atoms with van der Waals surface area (Å²) in [5, 5.41) is 2.02. The maximum absolute atomic E-state index is 6.06. The first-order valence-corrected chi connectivity index (χ1v) is 7.53. The fourth-order valence-electron chi connectivity index (χ4n) is 3.58. The van der Waals surface area contributed by atoms with E-state index >= 15 is 0 Å². The molecule has 0 unspecified atom stereocenters. The standard InChI is InChI=1S/C16H19N5/c17-15-14-11-7-8-21(9-10-3-1-2-4-10)13(11)6-5-12(14)19-16(18)20-15/h5-8,10H,1-4,9H2,(H4,17,18,19,20). The fourth-order valence-corrected chi connectivity index (χ4v) is 3.58. The quantitative estimate of drug-likeness (QED) is 0.756. The van der Waals surface area contributed by atoms with E-state index in [1.807, 2.05) is 6.07 Å². The molecule has 1 fully saturated rings. The van der Waals surface area contributed by atoms with E-state index in [-0.39, 0.29) is 5.95 Å². The van der Waals surface area contributed by atoms with Crippen molar-refractivity contribution in [1.82, 2.24) is 14.5 Å². The van der Waals surface area contributed by atoms with Crippen molar-refractivity contribution >= 4 is 33.6 Å². The lowest BCUT2D eigenvalue weighted by Gasteiger charge is -2.12. The van der Waals surface area contributed by atoms with E-state index in [0.29, 0.717) is 5.82 Å². The summed E-state index contributed by atoms with van der Waals surface area (Å²) >= 11 is 0. The van der Waals surface area contributed by atoms with Crippen LogP contribution in [0.25, 0.3) is 21.8 Å². The van der Waals surface area contributed by atoms with Gasteiger partial charge in [0.25, 0.3) is 0 Å². The smallest absolute Gasteiger partial charge is 0.222 e. The molecule has 2 aromatic heterocycles. The first-order valence-electron chi connectivity index (χ1n) is 7.53. The van der Waals surface area contributed by atoms with Gasteiger partial charge in [0.15, 0.2) is 0 Å². The summed E-state index contributed by atoms with van der Waals surface area (Å²) in [5.74, 6) is 1.49. The molecule has 0 aliphatic heterocycles. The third kappa shape index (κ3) is 2.00. The minimum atomic E-state index is 0.227. The van der Waals surface area contributed by atoms with Gasteiger partial charge in [-0.2, -0.15) is 4.98 Å². The molecule has 1 saturated carbocycles. The van der Waals surface area contributed by atoms with Crippen molar-refractivity contribution in [2.24, 2.45) is 5.92 Å². The monoisotopic (exact) mass is 281 g/mol. The lowest BCUT2D eigenvalue weighted by molar-refractivity contribution is 0.466. The van der Waals surface area contributed by atoms with Crippen molar-refractivity contribution in [3.8, 4) is 0 Å². The molecule has 3 aromatic rings. The Balaban J connectivity index is 1.87. The number of fused-ring (bicyclic) bond motifs is 3. The second-order valence-electron chi connectivity index (χ2n) is 5.98. The van der Waals surface area contributed by atoms with Crippen LogP contribution in [0.3, 0.4) is 0 Å². The average molecular weight is 281 g/mol. The Morgan fingerprint density at radius 3 is 2.71 bits per heavy atom. The van der Waals surface area contributed by atoms with Gasteiger partial charge in [-0.1, -0.05) is 12.8 Å². The van der Waals surface area contributed by atoms with Crippen molar-refractivity contribution in [1.29, 1.82) is 0 Å². The van der Waals surface area contributed by atoms with E-state index in [2.05, 4.69) is 32.9 Å². The highest BCUT2D eigenvalue weighted by molar-refractivity contribution is 6.10. The highest BCUT2D eigenvalue weighted by atomic mass is 15.0. The summed E-state index contributed by atoms with van der Waals surface area (Å²) < 4.78 is 2.33. The number of rotatable bonds is 2. The van der Waals surface area contributed by atoms with E-state index in [9.17, 15) is 0 Å². The van der Waals surface area contributed by atoms with E-state index < -0.39 is 0 Å². The average Bonchev–Trinajstić information content (AvgIpc) is 3.08. The highest BCUT2D eigenvalue weighted by Gasteiger charge is 2.17. The third-order valence-electron chi connectivity index (χ3n) is 4.59. The zero-order chi connectivity index (χ0) is 14.4. The van der Waals surface area contributed by atoms with Gasteiger partial charge in [-0.05, 0) is 37.0 Å². The van der Waals surface area contributed by atoms with Crippen LogP contribution in [0.4, 0.5) is 11.8 Å². The molecule has 0 bridgehead atoms. The van der Waals surface area contributed by atoms with Gasteiger partial charge in [0.1, 0.15) is 5.82 Å². The molecule has 5 nitrogen and oxygen atoms in total. The second-order valence-corrected chi connectivity index (χ2v) is 5.98. The van der Waals surface area contributed by atoms with E-state index in [1.54, 1.807) is 0 Å². The zero-order valence-corrected chi connectivity index (χ0v) is 11.9. The summed E-state index contributed by atoms with van der Waals surface area (Å²) in [4.78, 5) is 8.38. The molecule has 0 radical (unpaired) electrons. The molecule has 2 heterocycles. The molecule has 4 rings (SSSR count). The number of aromatic nitrogens is 3. The van der Waals surface area contributed by atoms with Crippen LogP contribution in [0.2, 0.25) is 0 Å². The summed E-state index contributed by atoms with van der Waals surface area (Å²) in [6, 6.07) is 6.21. The van der Waals surface area contributed by atoms with Gasteiger partial charge < -0.3 is 16.0 Å². The van der Waals surface area contributed by atoms with E-state index in [4.69, 9.17) is 11.5 Å². The lowest BCUT2D eigenvalue weighted by atomic mass is 10.1. The molecule has 4 N–H and O–H groups in total. The van der Waals surface area contributed by atoms with Crippen molar-refractivity contribution < 1.29 is 0 Å². The highest BCUT2D eigenvalue weighted by Crippen LogP contribution is 2.32. The molecule has 0 amide bonds. The maximum Gasteiger partial charge on any atom is 0.222 e. The van der Waals surface area contributed by atoms with Crippen molar-refractivity contribution in [2.75, 3.05) is 11.5 Å². The summed E-state index contributed by atoms with van der Waals surface area (Å²) in [6.07, 6.45) is 7.57. The van der Waals surface area contributed by atoms with Crippen LogP contribution in [0.1, 0.15) is 25.7 Å². The minimum Gasteiger partial charge on any atom is -0.383 e. The Morgan fingerprint density at radius 2 is 1.90 bits per heavy atom. The first-order chi connectivity index (χ1) is 10.2. The molecule has 1 aromatic carbocycles. The maximum atomic E-state index is 6.06. The Labute approximate surface area is 123 Å². The van der Waals surface area contributed by atoms with Gasteiger partial charge in [0.2, 0.25) is 5.95 Å². The van der Waals surface area contributed by atoms with Crippen LogP contribution in [0.15, 0.2) is 24.4 Å². The number of nitrogens with zero attached hydrogens (tertiary/aromatic N) is 3. The van der Waals surface area contributed by atoms with Crippen LogP contribution in [0, 0.1) is 5.92 Å². The molecular weight excluding hydrogens is 262 g/mol. The first kappa shape index (κ1) is 12.4. The van der Waals surface area contributed by atoms with Crippen LogP contribution >= 0.6 is 0 Å². The van der Waals surface area contributed by atoms with Crippen molar-refractivity contribution in [3.05, 3.63) is 24.4 Å². The fraction of sp³-hybridized carbons (Fsp3) is 0.375. The van der Waals surface area contributed by atoms with Crippen LogP contribution in [0.5, 0.6) is 0 Å². The van der Waals surface area contributed by atoms with Crippen LogP contribution in [-0.4, -0.2) is 14.5 Å². The number of hydrogen-bond acceptors (Lipinski definition) is 4.